The van der Waals surface area contributed by atoms with Gasteiger partial charge in [0.25, 0.3) is 10.2 Å². The van der Waals surface area contributed by atoms with Crippen LogP contribution < -0.4 is 4.72 Å². The van der Waals surface area contributed by atoms with Crippen molar-refractivity contribution in [2.75, 3.05) is 19.7 Å². The monoisotopic (exact) mass is 262 g/mol. The van der Waals surface area contributed by atoms with E-state index < -0.39 is 10.2 Å². The van der Waals surface area contributed by atoms with E-state index in [2.05, 4.69) is 4.72 Å². The summed E-state index contributed by atoms with van der Waals surface area (Å²) in [5, 5.41) is 0. The lowest BCUT2D eigenvalue weighted by molar-refractivity contribution is 0.0895. The van der Waals surface area contributed by atoms with Crippen molar-refractivity contribution in [2.24, 2.45) is 0 Å². The average molecular weight is 262 g/mol. The van der Waals surface area contributed by atoms with Gasteiger partial charge >= 0.3 is 0 Å². The molecule has 1 N–H and O–H groups in total. The highest BCUT2D eigenvalue weighted by Crippen LogP contribution is 2.17. The van der Waals surface area contributed by atoms with E-state index in [0.717, 1.165) is 38.7 Å². The fourth-order valence-electron chi connectivity index (χ4n) is 2.49. The standard InChI is InChI=1S/C11H22N2O3S/c1-10(11-6-5-9-16-11)12-17(14,15)13-7-3-2-4-8-13/h10-12H,2-9H2,1H3/t10-,11-/m0/s1. The van der Waals surface area contributed by atoms with E-state index in [9.17, 15) is 8.42 Å². The smallest absolute Gasteiger partial charge is 0.279 e. The van der Waals surface area contributed by atoms with Crippen LogP contribution in [0, 0.1) is 0 Å². The molecule has 100 valence electrons. The van der Waals surface area contributed by atoms with Crippen molar-refractivity contribution in [3.05, 3.63) is 0 Å². The largest absolute Gasteiger partial charge is 0.377 e. The zero-order chi connectivity index (χ0) is 12.3. The lowest BCUT2D eigenvalue weighted by Crippen LogP contribution is -2.49. The molecule has 2 aliphatic rings. The van der Waals surface area contributed by atoms with Crippen LogP contribution in [0.15, 0.2) is 0 Å². The normalized spacial score (nSPS) is 29.4. The van der Waals surface area contributed by atoms with Crippen LogP contribution >= 0.6 is 0 Å². The van der Waals surface area contributed by atoms with Gasteiger partial charge in [0.15, 0.2) is 0 Å². The second-order valence-electron chi connectivity index (χ2n) is 4.92. The van der Waals surface area contributed by atoms with E-state index in [1.807, 2.05) is 6.92 Å². The predicted molar refractivity (Wildman–Crippen MR) is 65.9 cm³/mol. The van der Waals surface area contributed by atoms with Crippen LogP contribution in [0.1, 0.15) is 39.0 Å². The molecule has 0 bridgehead atoms. The summed E-state index contributed by atoms with van der Waals surface area (Å²) >= 11 is 0. The highest BCUT2D eigenvalue weighted by atomic mass is 32.2. The lowest BCUT2D eigenvalue weighted by atomic mass is 10.1. The van der Waals surface area contributed by atoms with E-state index in [-0.39, 0.29) is 12.1 Å². The SMILES string of the molecule is C[C@H](NS(=O)(=O)N1CCCCC1)[C@@H]1CCCO1. The van der Waals surface area contributed by atoms with Crippen LogP contribution in [0.3, 0.4) is 0 Å². The first-order valence-electron chi connectivity index (χ1n) is 6.48. The Hall–Kier alpha value is -0.170. The summed E-state index contributed by atoms with van der Waals surface area (Å²) in [6, 6.07) is -0.135. The molecule has 0 aliphatic carbocycles. The van der Waals surface area contributed by atoms with E-state index in [0.29, 0.717) is 13.1 Å². The molecular weight excluding hydrogens is 240 g/mol. The Bertz CT molecular complexity index is 333. The zero-order valence-electron chi connectivity index (χ0n) is 10.4. The number of piperidine rings is 1. The maximum Gasteiger partial charge on any atom is 0.279 e. The number of ether oxygens (including phenoxy) is 1. The van der Waals surface area contributed by atoms with E-state index in [1.54, 1.807) is 4.31 Å². The molecule has 0 aromatic rings. The predicted octanol–water partition coefficient (Wildman–Crippen LogP) is 0.874. The topological polar surface area (TPSA) is 58.6 Å². The van der Waals surface area contributed by atoms with Gasteiger partial charge in [-0.3, -0.25) is 0 Å². The van der Waals surface area contributed by atoms with E-state index >= 15 is 0 Å². The molecule has 0 saturated carbocycles. The first kappa shape index (κ1) is 13.3. The van der Waals surface area contributed by atoms with Gasteiger partial charge in [0, 0.05) is 25.7 Å². The van der Waals surface area contributed by atoms with Gasteiger partial charge in [-0.15, -0.1) is 0 Å². The minimum Gasteiger partial charge on any atom is -0.377 e. The van der Waals surface area contributed by atoms with Crippen molar-refractivity contribution in [2.45, 2.75) is 51.2 Å². The quantitative estimate of drug-likeness (QED) is 0.818. The molecule has 2 atom stereocenters. The molecular formula is C11H22N2O3S. The van der Waals surface area contributed by atoms with Crippen molar-refractivity contribution in [1.82, 2.24) is 9.03 Å². The molecule has 0 radical (unpaired) electrons. The van der Waals surface area contributed by atoms with Crippen LogP contribution in [0.2, 0.25) is 0 Å². The highest BCUT2D eigenvalue weighted by molar-refractivity contribution is 7.87. The van der Waals surface area contributed by atoms with Gasteiger partial charge in [0.2, 0.25) is 0 Å². The summed E-state index contributed by atoms with van der Waals surface area (Å²) in [6.07, 6.45) is 5.08. The molecule has 0 aromatic carbocycles. The Morgan fingerprint density at radius 3 is 2.53 bits per heavy atom. The van der Waals surface area contributed by atoms with Gasteiger partial charge in [-0.2, -0.15) is 17.4 Å². The van der Waals surface area contributed by atoms with Crippen molar-refractivity contribution in [3.63, 3.8) is 0 Å². The molecule has 0 amide bonds. The Morgan fingerprint density at radius 1 is 1.24 bits per heavy atom. The summed E-state index contributed by atoms with van der Waals surface area (Å²) in [4.78, 5) is 0. The first-order valence-corrected chi connectivity index (χ1v) is 7.92. The molecule has 2 saturated heterocycles. The molecule has 6 heteroatoms. The third-order valence-electron chi connectivity index (χ3n) is 3.51. The number of nitrogens with one attached hydrogen (secondary N) is 1. The Balaban J connectivity index is 1.91. The van der Waals surface area contributed by atoms with Gasteiger partial charge in [-0.1, -0.05) is 6.42 Å². The second-order valence-corrected chi connectivity index (χ2v) is 6.62. The number of rotatable bonds is 4. The minimum atomic E-state index is -3.32. The third kappa shape index (κ3) is 3.40. The van der Waals surface area contributed by atoms with Crippen molar-refractivity contribution in [1.29, 1.82) is 0 Å². The molecule has 17 heavy (non-hydrogen) atoms. The van der Waals surface area contributed by atoms with Crippen molar-refractivity contribution < 1.29 is 13.2 Å². The lowest BCUT2D eigenvalue weighted by Gasteiger charge is -2.29. The number of hydrogen-bond donors (Lipinski definition) is 1. The number of nitrogens with zero attached hydrogens (tertiary/aromatic N) is 1. The van der Waals surface area contributed by atoms with Crippen LogP contribution in [-0.2, 0) is 14.9 Å². The molecule has 2 heterocycles. The summed E-state index contributed by atoms with van der Waals surface area (Å²) in [7, 11) is -3.32. The molecule has 5 nitrogen and oxygen atoms in total. The van der Waals surface area contributed by atoms with Gasteiger partial charge in [-0.25, -0.2) is 0 Å². The molecule has 0 spiro atoms. The van der Waals surface area contributed by atoms with E-state index in [4.69, 9.17) is 4.74 Å². The fourth-order valence-corrected chi connectivity index (χ4v) is 4.00. The van der Waals surface area contributed by atoms with Gasteiger partial charge in [0.05, 0.1) is 6.10 Å². The summed E-state index contributed by atoms with van der Waals surface area (Å²) in [5.74, 6) is 0. The Labute approximate surface area is 104 Å². The van der Waals surface area contributed by atoms with E-state index in [1.165, 1.54) is 0 Å². The third-order valence-corrected chi connectivity index (χ3v) is 5.23. The van der Waals surface area contributed by atoms with Crippen molar-refractivity contribution >= 4 is 10.2 Å². The number of hydrogen-bond acceptors (Lipinski definition) is 3. The summed E-state index contributed by atoms with van der Waals surface area (Å²) < 4.78 is 34.0. The van der Waals surface area contributed by atoms with Gasteiger partial charge in [-0.05, 0) is 32.6 Å². The van der Waals surface area contributed by atoms with Crippen molar-refractivity contribution in [3.8, 4) is 0 Å². The van der Waals surface area contributed by atoms with Crippen LogP contribution in [0.4, 0.5) is 0 Å². The molecule has 2 aliphatic heterocycles. The maximum atomic E-state index is 12.1. The van der Waals surface area contributed by atoms with Crippen LogP contribution in [0.5, 0.6) is 0 Å². The molecule has 2 rings (SSSR count). The first-order chi connectivity index (χ1) is 8.09. The minimum absolute atomic E-state index is 0.0366. The molecule has 0 aromatic heterocycles. The molecule has 0 unspecified atom stereocenters. The highest BCUT2D eigenvalue weighted by Gasteiger charge is 2.30. The average Bonchev–Trinajstić information content (AvgIpc) is 2.83. The van der Waals surface area contributed by atoms with Crippen LogP contribution in [0.25, 0.3) is 0 Å². The maximum absolute atomic E-state index is 12.1. The fraction of sp³-hybridized carbons (Fsp3) is 1.00. The van der Waals surface area contributed by atoms with Gasteiger partial charge < -0.3 is 4.74 Å². The second kappa shape index (κ2) is 5.65. The Kier molecular flexibility index (Phi) is 4.41. The Morgan fingerprint density at radius 2 is 1.94 bits per heavy atom. The summed E-state index contributed by atoms with van der Waals surface area (Å²) in [6.45, 7) is 3.93. The zero-order valence-corrected chi connectivity index (χ0v) is 11.2. The van der Waals surface area contributed by atoms with Gasteiger partial charge in [0.1, 0.15) is 0 Å². The summed E-state index contributed by atoms with van der Waals surface area (Å²) in [5.41, 5.74) is 0. The van der Waals surface area contributed by atoms with Crippen LogP contribution in [-0.4, -0.2) is 44.6 Å². The molecule has 2 fully saturated rings.